The normalized spacial score (nSPS) is 15.2. The molecule has 1 heterocycles. The van der Waals surface area contributed by atoms with Gasteiger partial charge in [0.05, 0.1) is 11.5 Å². The number of nitrogens with one attached hydrogen (secondary N) is 1. The Morgan fingerprint density at radius 1 is 0.969 bits per heavy atom. The maximum absolute atomic E-state index is 12.8. The molecular weight excluding hydrogens is 424 g/mol. The van der Waals surface area contributed by atoms with Crippen molar-refractivity contribution < 1.29 is 17.9 Å². The van der Waals surface area contributed by atoms with Crippen LogP contribution >= 0.6 is 0 Å². The molecule has 1 amide bonds. The van der Waals surface area contributed by atoms with Crippen molar-refractivity contribution in [2.45, 2.75) is 56.8 Å². The lowest BCUT2D eigenvalue weighted by molar-refractivity contribution is -0.121. The first-order chi connectivity index (χ1) is 15.4. The lowest BCUT2D eigenvalue weighted by atomic mass is 10.1. The third kappa shape index (κ3) is 7.35. The molecule has 0 spiro atoms. The summed E-state index contributed by atoms with van der Waals surface area (Å²) in [4.78, 5) is 12.4. The second-order valence-corrected chi connectivity index (χ2v) is 10.3. The largest absolute Gasteiger partial charge is 0.494 e. The Morgan fingerprint density at radius 2 is 1.62 bits per heavy atom. The van der Waals surface area contributed by atoms with Crippen molar-refractivity contribution in [1.29, 1.82) is 0 Å². The molecule has 1 saturated heterocycles. The number of rotatable bonds is 10. The van der Waals surface area contributed by atoms with Gasteiger partial charge in [-0.25, -0.2) is 8.42 Å². The molecule has 0 unspecified atom stereocenters. The molecule has 174 valence electrons. The molecule has 1 aliphatic rings. The first-order valence-corrected chi connectivity index (χ1v) is 12.9. The zero-order valence-electron chi connectivity index (χ0n) is 18.9. The monoisotopic (exact) mass is 458 g/mol. The Bertz CT molecular complexity index is 948. The lowest BCUT2D eigenvalue weighted by Crippen LogP contribution is -2.31. The number of benzene rings is 2. The van der Waals surface area contributed by atoms with Gasteiger partial charge in [0.1, 0.15) is 5.75 Å². The van der Waals surface area contributed by atoms with Crippen molar-refractivity contribution in [1.82, 2.24) is 9.62 Å². The van der Waals surface area contributed by atoms with Gasteiger partial charge in [-0.2, -0.15) is 4.31 Å². The van der Waals surface area contributed by atoms with Gasteiger partial charge in [0, 0.05) is 26.1 Å². The number of hydrogen-bond donors (Lipinski definition) is 1. The summed E-state index contributed by atoms with van der Waals surface area (Å²) in [5, 5.41) is 2.92. The van der Waals surface area contributed by atoms with Crippen LogP contribution in [0, 0.1) is 6.92 Å². The fraction of sp³-hybridized carbons (Fsp3) is 0.480. The Hall–Kier alpha value is -2.38. The Balaban J connectivity index is 1.36. The van der Waals surface area contributed by atoms with Crippen LogP contribution in [0.5, 0.6) is 5.75 Å². The van der Waals surface area contributed by atoms with Gasteiger partial charge in [-0.05, 0) is 62.4 Å². The summed E-state index contributed by atoms with van der Waals surface area (Å²) in [5.41, 5.74) is 2.19. The Morgan fingerprint density at radius 3 is 2.28 bits per heavy atom. The highest BCUT2D eigenvalue weighted by molar-refractivity contribution is 7.89. The van der Waals surface area contributed by atoms with E-state index in [2.05, 4.69) is 5.32 Å². The van der Waals surface area contributed by atoms with Crippen LogP contribution in [0.25, 0.3) is 0 Å². The minimum Gasteiger partial charge on any atom is -0.494 e. The van der Waals surface area contributed by atoms with E-state index in [9.17, 15) is 13.2 Å². The van der Waals surface area contributed by atoms with Gasteiger partial charge in [-0.3, -0.25) is 4.79 Å². The van der Waals surface area contributed by atoms with Gasteiger partial charge in [-0.15, -0.1) is 0 Å². The van der Waals surface area contributed by atoms with E-state index in [1.54, 1.807) is 16.4 Å². The number of carbonyl (C=O) groups excluding carboxylic acids is 1. The van der Waals surface area contributed by atoms with E-state index >= 15 is 0 Å². The van der Waals surface area contributed by atoms with Gasteiger partial charge < -0.3 is 10.1 Å². The van der Waals surface area contributed by atoms with Crippen molar-refractivity contribution >= 4 is 15.9 Å². The van der Waals surface area contributed by atoms with Gasteiger partial charge in [-0.1, -0.05) is 42.7 Å². The van der Waals surface area contributed by atoms with Crippen LogP contribution in [0.1, 0.15) is 49.7 Å². The lowest BCUT2D eigenvalue weighted by Gasteiger charge is -2.20. The summed E-state index contributed by atoms with van der Waals surface area (Å²) in [7, 11) is -3.42. The average molecular weight is 459 g/mol. The van der Waals surface area contributed by atoms with Gasteiger partial charge >= 0.3 is 0 Å². The van der Waals surface area contributed by atoms with Crippen molar-refractivity contribution in [2.24, 2.45) is 0 Å². The maximum atomic E-state index is 12.8. The molecule has 0 atom stereocenters. The molecule has 0 saturated carbocycles. The molecule has 1 aliphatic heterocycles. The summed E-state index contributed by atoms with van der Waals surface area (Å²) in [6.07, 6.45) is 5.77. The zero-order valence-corrected chi connectivity index (χ0v) is 19.7. The zero-order chi connectivity index (χ0) is 22.8. The molecule has 0 aromatic heterocycles. The Labute approximate surface area is 192 Å². The number of carbonyl (C=O) groups is 1. The van der Waals surface area contributed by atoms with Crippen molar-refractivity contribution in [2.75, 3.05) is 26.2 Å². The highest BCUT2D eigenvalue weighted by Crippen LogP contribution is 2.20. The maximum Gasteiger partial charge on any atom is 0.243 e. The number of aryl methyl sites for hydroxylation is 1. The molecule has 7 heteroatoms. The van der Waals surface area contributed by atoms with Crippen LogP contribution < -0.4 is 10.1 Å². The third-order valence-corrected chi connectivity index (χ3v) is 7.61. The topological polar surface area (TPSA) is 75.7 Å². The van der Waals surface area contributed by atoms with Crippen molar-refractivity contribution in [3.63, 3.8) is 0 Å². The van der Waals surface area contributed by atoms with E-state index in [0.29, 0.717) is 50.4 Å². The average Bonchev–Trinajstić information content (AvgIpc) is 3.09. The van der Waals surface area contributed by atoms with Crippen LogP contribution in [-0.2, 0) is 21.2 Å². The minimum absolute atomic E-state index is 0.00197. The SMILES string of the molecule is Cc1ccc(OCCCC(=O)NCCc2ccc(S(=O)(=O)N3CCCCCC3)cc2)cc1. The number of ether oxygens (including phenoxy) is 1. The summed E-state index contributed by atoms with van der Waals surface area (Å²) in [6.45, 7) is 4.26. The predicted molar refractivity (Wildman–Crippen MR) is 126 cm³/mol. The molecule has 6 nitrogen and oxygen atoms in total. The second-order valence-electron chi connectivity index (χ2n) is 8.33. The quantitative estimate of drug-likeness (QED) is 0.545. The molecule has 0 radical (unpaired) electrons. The third-order valence-electron chi connectivity index (χ3n) is 5.70. The smallest absolute Gasteiger partial charge is 0.243 e. The number of hydrogen-bond acceptors (Lipinski definition) is 4. The van der Waals surface area contributed by atoms with Crippen LogP contribution in [0.15, 0.2) is 53.4 Å². The van der Waals surface area contributed by atoms with Crippen molar-refractivity contribution in [3.8, 4) is 5.75 Å². The van der Waals surface area contributed by atoms with E-state index in [-0.39, 0.29) is 5.91 Å². The van der Waals surface area contributed by atoms with Crippen LogP contribution in [0.2, 0.25) is 0 Å². The Kier molecular flexibility index (Phi) is 9.11. The highest BCUT2D eigenvalue weighted by Gasteiger charge is 2.24. The van der Waals surface area contributed by atoms with Crippen molar-refractivity contribution in [3.05, 3.63) is 59.7 Å². The summed E-state index contributed by atoms with van der Waals surface area (Å²) < 4.78 is 32.9. The van der Waals surface area contributed by atoms with E-state index in [1.807, 2.05) is 43.3 Å². The molecule has 1 N–H and O–H groups in total. The van der Waals surface area contributed by atoms with E-state index < -0.39 is 10.0 Å². The fourth-order valence-corrected chi connectivity index (χ4v) is 5.27. The molecule has 32 heavy (non-hydrogen) atoms. The van der Waals surface area contributed by atoms with Crippen LogP contribution in [-0.4, -0.2) is 44.9 Å². The molecule has 3 rings (SSSR count). The fourth-order valence-electron chi connectivity index (χ4n) is 3.75. The first kappa shape index (κ1) is 24.3. The van der Waals surface area contributed by atoms with E-state index in [4.69, 9.17) is 4.74 Å². The van der Waals surface area contributed by atoms with Gasteiger partial charge in [0.2, 0.25) is 15.9 Å². The van der Waals surface area contributed by atoms with Gasteiger partial charge in [0.15, 0.2) is 0 Å². The standard InChI is InChI=1S/C25H34N2O4S/c1-21-8-12-23(13-9-21)31-20-6-7-25(28)26-17-16-22-10-14-24(15-11-22)32(29,30)27-18-4-2-3-5-19-27/h8-15H,2-7,16-20H2,1H3,(H,26,28). The number of amides is 1. The molecular formula is C25H34N2O4S. The highest BCUT2D eigenvalue weighted by atomic mass is 32.2. The van der Waals surface area contributed by atoms with Crippen LogP contribution in [0.3, 0.4) is 0 Å². The minimum atomic E-state index is -3.42. The number of nitrogens with zero attached hydrogens (tertiary/aromatic N) is 1. The molecule has 2 aromatic rings. The molecule has 0 aliphatic carbocycles. The van der Waals surface area contributed by atoms with Crippen LogP contribution in [0.4, 0.5) is 0 Å². The van der Waals surface area contributed by atoms with Gasteiger partial charge in [0.25, 0.3) is 0 Å². The summed E-state index contributed by atoms with van der Waals surface area (Å²) in [6, 6.07) is 14.9. The predicted octanol–water partition coefficient (Wildman–Crippen LogP) is 4.08. The van der Waals surface area contributed by atoms with E-state index in [0.717, 1.165) is 37.0 Å². The molecule has 1 fully saturated rings. The summed E-state index contributed by atoms with van der Waals surface area (Å²) in [5.74, 6) is 0.815. The number of sulfonamides is 1. The molecule has 2 aromatic carbocycles. The molecule has 0 bridgehead atoms. The summed E-state index contributed by atoms with van der Waals surface area (Å²) >= 11 is 0. The second kappa shape index (κ2) is 12.0. The first-order valence-electron chi connectivity index (χ1n) is 11.5. The van der Waals surface area contributed by atoms with E-state index in [1.165, 1.54) is 5.56 Å².